The second-order valence-electron chi connectivity index (χ2n) is 5.76. The lowest BCUT2D eigenvalue weighted by Crippen LogP contribution is -2.28. The molecule has 25 heavy (non-hydrogen) atoms. The number of hydrogen-bond donors (Lipinski definition) is 2. The van der Waals surface area contributed by atoms with Crippen LogP contribution in [-0.4, -0.2) is 22.0 Å². The molecule has 1 aliphatic rings. The summed E-state index contributed by atoms with van der Waals surface area (Å²) >= 11 is 1.38. The number of benzene rings is 1. The topological polar surface area (TPSA) is 84.2 Å². The maximum Gasteiger partial charge on any atom is 0.253 e. The highest BCUT2D eigenvalue weighted by molar-refractivity contribution is 8.00. The van der Waals surface area contributed by atoms with Gasteiger partial charge < -0.3 is 15.1 Å². The van der Waals surface area contributed by atoms with Gasteiger partial charge in [0.05, 0.1) is 23.0 Å². The van der Waals surface area contributed by atoms with E-state index in [1.165, 1.54) is 18.0 Å². The van der Waals surface area contributed by atoms with Gasteiger partial charge in [-0.3, -0.25) is 9.59 Å². The largest absolute Gasteiger partial charge is 0.459 e. The quantitative estimate of drug-likeness (QED) is 0.755. The van der Waals surface area contributed by atoms with Gasteiger partial charge in [-0.15, -0.1) is 0 Å². The number of fused-ring (bicyclic) bond motifs is 2. The van der Waals surface area contributed by atoms with Crippen molar-refractivity contribution in [3.8, 4) is 0 Å². The summed E-state index contributed by atoms with van der Waals surface area (Å²) in [4.78, 5) is 28.4. The summed E-state index contributed by atoms with van der Waals surface area (Å²) in [6.07, 6.45) is 1.52. The van der Waals surface area contributed by atoms with Crippen LogP contribution in [0.25, 0.3) is 11.0 Å². The number of amides is 2. The maximum absolute atomic E-state index is 12.4. The molecule has 2 amide bonds. The molecule has 0 radical (unpaired) electrons. The minimum atomic E-state index is -0.270. The first kappa shape index (κ1) is 15.7. The van der Waals surface area contributed by atoms with E-state index in [1.807, 2.05) is 37.3 Å². The smallest absolute Gasteiger partial charge is 0.253 e. The van der Waals surface area contributed by atoms with Crippen LogP contribution in [0.1, 0.15) is 23.0 Å². The lowest BCUT2D eigenvalue weighted by Gasteiger charge is -2.20. The number of para-hydroxylation sites is 1. The van der Waals surface area contributed by atoms with Gasteiger partial charge in [0.2, 0.25) is 5.91 Å². The number of anilines is 1. The van der Waals surface area contributed by atoms with Crippen molar-refractivity contribution in [2.24, 2.45) is 0 Å². The first-order valence-electron chi connectivity index (χ1n) is 7.83. The van der Waals surface area contributed by atoms with E-state index in [-0.39, 0.29) is 23.6 Å². The summed E-state index contributed by atoms with van der Waals surface area (Å²) in [5.41, 5.74) is 1.76. The molecular formula is C18H15N3O3S. The van der Waals surface area contributed by atoms with Gasteiger partial charge in [-0.05, 0) is 25.1 Å². The molecule has 2 aromatic heterocycles. The number of carbonyl (C=O) groups excluding carboxylic acids is 2. The first-order valence-corrected chi connectivity index (χ1v) is 8.71. The van der Waals surface area contributed by atoms with Gasteiger partial charge >= 0.3 is 0 Å². The molecule has 0 saturated heterocycles. The van der Waals surface area contributed by atoms with Crippen LogP contribution in [0.4, 0.5) is 5.69 Å². The third-order valence-corrected chi connectivity index (χ3v) is 5.04. The Labute approximate surface area is 148 Å². The number of rotatable bonds is 3. The molecule has 1 unspecified atom stereocenters. The van der Waals surface area contributed by atoms with Crippen molar-refractivity contribution in [2.45, 2.75) is 23.7 Å². The van der Waals surface area contributed by atoms with Gasteiger partial charge in [-0.2, -0.15) is 0 Å². The number of nitrogens with zero attached hydrogens (tertiary/aromatic N) is 1. The lowest BCUT2D eigenvalue weighted by molar-refractivity contribution is -0.115. The van der Waals surface area contributed by atoms with Gasteiger partial charge in [-0.1, -0.05) is 30.0 Å². The Hall–Kier alpha value is -2.80. The zero-order chi connectivity index (χ0) is 17.4. The first-order chi connectivity index (χ1) is 12.1. The summed E-state index contributed by atoms with van der Waals surface area (Å²) in [6, 6.07) is 11.2. The number of nitrogens with one attached hydrogen (secondary N) is 2. The van der Waals surface area contributed by atoms with Gasteiger partial charge in [0.1, 0.15) is 16.4 Å². The van der Waals surface area contributed by atoms with Crippen LogP contribution in [0.5, 0.6) is 0 Å². The van der Waals surface area contributed by atoms with Gasteiger partial charge in [-0.25, -0.2) is 4.98 Å². The van der Waals surface area contributed by atoms with Gasteiger partial charge in [0, 0.05) is 11.6 Å². The normalized spacial score (nSPS) is 16.4. The van der Waals surface area contributed by atoms with Crippen molar-refractivity contribution >= 4 is 40.2 Å². The molecule has 0 aliphatic carbocycles. The summed E-state index contributed by atoms with van der Waals surface area (Å²) in [5.74, 6) is 0.325. The van der Waals surface area contributed by atoms with Crippen molar-refractivity contribution < 1.29 is 14.0 Å². The Bertz CT molecular complexity index is 950. The van der Waals surface area contributed by atoms with Crippen molar-refractivity contribution in [3.63, 3.8) is 0 Å². The van der Waals surface area contributed by atoms with E-state index in [1.54, 1.807) is 6.07 Å². The van der Waals surface area contributed by atoms with E-state index < -0.39 is 0 Å². The van der Waals surface area contributed by atoms with Crippen LogP contribution in [0.2, 0.25) is 0 Å². The van der Waals surface area contributed by atoms with E-state index >= 15 is 0 Å². The number of hydrogen-bond acceptors (Lipinski definition) is 5. The summed E-state index contributed by atoms with van der Waals surface area (Å²) < 4.78 is 5.68. The number of thioether (sulfide) groups is 1. The SMILES string of the molecule is CC1Sc2ncc(C(=O)NCc3cc4ccccc4o3)cc2NC1=O. The van der Waals surface area contributed by atoms with Crippen LogP contribution < -0.4 is 10.6 Å². The average molecular weight is 353 g/mol. The minimum Gasteiger partial charge on any atom is -0.459 e. The Morgan fingerprint density at radius 1 is 1.36 bits per heavy atom. The predicted octanol–water partition coefficient (Wildman–Crippen LogP) is 3.19. The van der Waals surface area contributed by atoms with Crippen LogP contribution in [0, 0.1) is 0 Å². The molecule has 1 aromatic carbocycles. The second-order valence-corrected chi connectivity index (χ2v) is 7.09. The highest BCUT2D eigenvalue weighted by atomic mass is 32.2. The Morgan fingerprint density at radius 2 is 2.20 bits per heavy atom. The minimum absolute atomic E-state index is 0.0841. The fraction of sp³-hybridized carbons (Fsp3) is 0.167. The number of carbonyl (C=O) groups is 2. The number of aromatic nitrogens is 1. The maximum atomic E-state index is 12.4. The molecule has 2 N–H and O–H groups in total. The second kappa shape index (κ2) is 6.25. The van der Waals surface area contributed by atoms with Crippen molar-refractivity contribution in [1.29, 1.82) is 0 Å². The molecule has 0 fully saturated rings. The van der Waals surface area contributed by atoms with Gasteiger partial charge in [0.25, 0.3) is 5.91 Å². The van der Waals surface area contributed by atoms with Crippen molar-refractivity contribution in [1.82, 2.24) is 10.3 Å². The summed E-state index contributed by atoms with van der Waals surface area (Å²) in [5, 5.41) is 7.12. The van der Waals surface area contributed by atoms with E-state index in [9.17, 15) is 9.59 Å². The molecular weight excluding hydrogens is 338 g/mol. The number of furan rings is 1. The van der Waals surface area contributed by atoms with E-state index in [0.717, 1.165) is 16.0 Å². The summed E-state index contributed by atoms with van der Waals surface area (Å²) in [6.45, 7) is 2.10. The zero-order valence-electron chi connectivity index (χ0n) is 13.4. The highest BCUT2D eigenvalue weighted by Crippen LogP contribution is 2.33. The van der Waals surface area contributed by atoms with Gasteiger partial charge in [0.15, 0.2) is 0 Å². The Kier molecular flexibility index (Phi) is 3.93. The highest BCUT2D eigenvalue weighted by Gasteiger charge is 2.25. The van der Waals surface area contributed by atoms with Crippen molar-refractivity contribution in [2.75, 3.05) is 5.32 Å². The fourth-order valence-corrected chi connectivity index (χ4v) is 3.46. The molecule has 6 nitrogen and oxygen atoms in total. The fourth-order valence-electron chi connectivity index (χ4n) is 2.61. The third kappa shape index (κ3) is 3.10. The lowest BCUT2D eigenvalue weighted by atomic mass is 10.2. The average Bonchev–Trinajstić information content (AvgIpc) is 3.03. The van der Waals surface area contributed by atoms with Crippen molar-refractivity contribution in [3.05, 3.63) is 53.9 Å². The number of pyridine rings is 1. The Balaban J connectivity index is 1.48. The van der Waals surface area contributed by atoms with E-state index in [0.29, 0.717) is 17.0 Å². The Morgan fingerprint density at radius 3 is 3.04 bits per heavy atom. The summed E-state index contributed by atoms with van der Waals surface area (Å²) in [7, 11) is 0. The standard InChI is InChI=1S/C18H15N3O3S/c1-10-16(22)21-14-7-12(8-20-18(14)25-10)17(23)19-9-13-6-11-4-2-3-5-15(11)24-13/h2-8,10H,9H2,1H3,(H,19,23)(H,21,22). The van der Waals surface area contributed by atoms with E-state index in [4.69, 9.17) is 4.42 Å². The van der Waals surface area contributed by atoms with Crippen LogP contribution >= 0.6 is 11.8 Å². The molecule has 1 aliphatic heterocycles. The monoisotopic (exact) mass is 353 g/mol. The van der Waals surface area contributed by atoms with Crippen LogP contribution in [0.3, 0.4) is 0 Å². The third-order valence-electron chi connectivity index (χ3n) is 3.93. The molecule has 3 heterocycles. The molecule has 0 saturated carbocycles. The predicted molar refractivity (Wildman–Crippen MR) is 95.6 cm³/mol. The molecule has 0 bridgehead atoms. The zero-order valence-corrected chi connectivity index (χ0v) is 14.2. The van der Waals surface area contributed by atoms with E-state index in [2.05, 4.69) is 15.6 Å². The molecule has 126 valence electrons. The molecule has 3 aromatic rings. The molecule has 1 atom stereocenters. The van der Waals surface area contributed by atoms with Crippen LogP contribution in [0.15, 0.2) is 52.0 Å². The molecule has 0 spiro atoms. The molecule has 4 rings (SSSR count). The van der Waals surface area contributed by atoms with Crippen LogP contribution in [-0.2, 0) is 11.3 Å². The molecule has 7 heteroatoms.